The smallest absolute Gasteiger partial charge is 0.0320 e. The van der Waals surface area contributed by atoms with E-state index in [0.717, 1.165) is 0 Å². The van der Waals surface area contributed by atoms with Crippen LogP contribution in [0.15, 0.2) is 30.3 Å². The minimum absolute atomic E-state index is 0.193. The molecule has 1 nitrogen and oxygen atoms in total. The van der Waals surface area contributed by atoms with Crippen molar-refractivity contribution in [2.45, 2.75) is 110 Å². The first-order valence-electron chi connectivity index (χ1n) is 11.1. The van der Waals surface area contributed by atoms with Crippen molar-refractivity contribution in [2.75, 3.05) is 0 Å². The standard InChI is InChI=1S/C24H43N/c1-3-4-5-6-7-8-9-10-11-12-13-14-16-19-22(2)24(25)23-20-17-15-18-21-23/h15,17-18,20-22,24H,3-14,16,19,25H2,1-2H3. The second-order valence-corrected chi connectivity index (χ2v) is 7.95. The lowest BCUT2D eigenvalue weighted by Gasteiger charge is -2.20. The molecular formula is C24H43N. The molecule has 0 bridgehead atoms. The first-order valence-corrected chi connectivity index (χ1v) is 11.1. The topological polar surface area (TPSA) is 26.0 Å². The van der Waals surface area contributed by atoms with E-state index in [0.29, 0.717) is 5.92 Å². The van der Waals surface area contributed by atoms with Gasteiger partial charge in [0, 0.05) is 6.04 Å². The minimum atomic E-state index is 0.193. The SMILES string of the molecule is CCCCCCCCCCCCCCCC(C)C(N)c1ccccc1. The van der Waals surface area contributed by atoms with Gasteiger partial charge < -0.3 is 5.73 Å². The van der Waals surface area contributed by atoms with Crippen molar-refractivity contribution in [2.24, 2.45) is 11.7 Å². The van der Waals surface area contributed by atoms with Crippen LogP contribution in [-0.2, 0) is 0 Å². The lowest BCUT2D eigenvalue weighted by molar-refractivity contribution is 0.413. The predicted molar refractivity (Wildman–Crippen MR) is 113 cm³/mol. The van der Waals surface area contributed by atoms with Gasteiger partial charge in [0.05, 0.1) is 0 Å². The average Bonchev–Trinajstić information content (AvgIpc) is 2.65. The molecule has 1 heteroatoms. The highest BCUT2D eigenvalue weighted by Crippen LogP contribution is 2.24. The number of nitrogens with two attached hydrogens (primary N) is 1. The summed E-state index contributed by atoms with van der Waals surface area (Å²) in [4.78, 5) is 0. The van der Waals surface area contributed by atoms with Crippen LogP contribution in [0.25, 0.3) is 0 Å². The van der Waals surface area contributed by atoms with Gasteiger partial charge in [0.25, 0.3) is 0 Å². The van der Waals surface area contributed by atoms with Crippen LogP contribution >= 0.6 is 0 Å². The van der Waals surface area contributed by atoms with E-state index < -0.39 is 0 Å². The van der Waals surface area contributed by atoms with E-state index >= 15 is 0 Å². The summed E-state index contributed by atoms with van der Waals surface area (Å²) in [6, 6.07) is 10.8. The molecule has 0 aliphatic heterocycles. The van der Waals surface area contributed by atoms with Crippen LogP contribution < -0.4 is 5.73 Å². The molecule has 2 unspecified atom stereocenters. The molecule has 2 atom stereocenters. The van der Waals surface area contributed by atoms with Crippen LogP contribution in [0.5, 0.6) is 0 Å². The summed E-state index contributed by atoms with van der Waals surface area (Å²) in [5, 5.41) is 0. The zero-order valence-electron chi connectivity index (χ0n) is 17.0. The van der Waals surface area contributed by atoms with E-state index in [9.17, 15) is 0 Å². The van der Waals surface area contributed by atoms with Gasteiger partial charge in [-0.15, -0.1) is 0 Å². The fourth-order valence-corrected chi connectivity index (χ4v) is 3.67. The van der Waals surface area contributed by atoms with Gasteiger partial charge in [-0.3, -0.25) is 0 Å². The van der Waals surface area contributed by atoms with Gasteiger partial charge in [-0.25, -0.2) is 0 Å². The second kappa shape index (κ2) is 15.4. The summed E-state index contributed by atoms with van der Waals surface area (Å²) in [6.45, 7) is 4.59. The molecule has 0 saturated carbocycles. The monoisotopic (exact) mass is 345 g/mol. The van der Waals surface area contributed by atoms with Crippen LogP contribution in [-0.4, -0.2) is 0 Å². The van der Waals surface area contributed by atoms with Gasteiger partial charge in [0.15, 0.2) is 0 Å². The molecule has 0 radical (unpaired) electrons. The van der Waals surface area contributed by atoms with Crippen molar-refractivity contribution in [1.29, 1.82) is 0 Å². The molecule has 0 aliphatic rings. The van der Waals surface area contributed by atoms with Crippen LogP contribution in [0, 0.1) is 5.92 Å². The van der Waals surface area contributed by atoms with Crippen molar-refractivity contribution < 1.29 is 0 Å². The summed E-state index contributed by atoms with van der Waals surface area (Å²) in [6.07, 6.45) is 19.7. The van der Waals surface area contributed by atoms with E-state index in [2.05, 4.69) is 44.2 Å². The van der Waals surface area contributed by atoms with E-state index in [-0.39, 0.29) is 6.04 Å². The zero-order chi connectivity index (χ0) is 18.2. The molecule has 0 aromatic heterocycles. The Bertz CT molecular complexity index is 386. The van der Waals surface area contributed by atoms with Gasteiger partial charge in [-0.1, -0.05) is 128 Å². The zero-order valence-corrected chi connectivity index (χ0v) is 17.0. The van der Waals surface area contributed by atoms with Crippen LogP contribution in [0.2, 0.25) is 0 Å². The Morgan fingerprint density at radius 1 is 0.680 bits per heavy atom. The molecule has 0 fully saturated rings. The van der Waals surface area contributed by atoms with E-state index in [4.69, 9.17) is 5.73 Å². The molecule has 1 aromatic carbocycles. The highest BCUT2D eigenvalue weighted by molar-refractivity contribution is 5.18. The molecule has 144 valence electrons. The molecule has 0 amide bonds. The third-order valence-corrected chi connectivity index (χ3v) is 5.56. The molecular weight excluding hydrogens is 302 g/mol. The van der Waals surface area contributed by atoms with E-state index in [1.54, 1.807) is 0 Å². The number of benzene rings is 1. The predicted octanol–water partition coefficient (Wildman–Crippen LogP) is 7.80. The molecule has 0 heterocycles. The van der Waals surface area contributed by atoms with Crippen molar-refractivity contribution in [3.63, 3.8) is 0 Å². The largest absolute Gasteiger partial charge is 0.324 e. The lowest BCUT2D eigenvalue weighted by Crippen LogP contribution is -2.18. The summed E-state index contributed by atoms with van der Waals surface area (Å²) in [5.74, 6) is 0.579. The Hall–Kier alpha value is -0.820. The van der Waals surface area contributed by atoms with E-state index in [1.807, 2.05) is 0 Å². The first-order chi connectivity index (χ1) is 12.3. The maximum atomic E-state index is 6.39. The number of hydrogen-bond donors (Lipinski definition) is 1. The summed E-state index contributed by atoms with van der Waals surface area (Å²) >= 11 is 0. The van der Waals surface area contributed by atoms with Crippen LogP contribution in [0.1, 0.15) is 115 Å². The van der Waals surface area contributed by atoms with Crippen LogP contribution in [0.4, 0.5) is 0 Å². The summed E-state index contributed by atoms with van der Waals surface area (Å²) in [5.41, 5.74) is 7.67. The Morgan fingerprint density at radius 3 is 1.60 bits per heavy atom. The van der Waals surface area contributed by atoms with Gasteiger partial charge in [-0.05, 0) is 17.9 Å². The van der Waals surface area contributed by atoms with Gasteiger partial charge in [0.1, 0.15) is 0 Å². The maximum absolute atomic E-state index is 6.39. The molecule has 1 aromatic rings. The Morgan fingerprint density at radius 2 is 1.12 bits per heavy atom. The summed E-state index contributed by atoms with van der Waals surface area (Å²) < 4.78 is 0. The first kappa shape index (κ1) is 22.2. The number of hydrogen-bond acceptors (Lipinski definition) is 1. The quantitative estimate of drug-likeness (QED) is 0.304. The second-order valence-electron chi connectivity index (χ2n) is 7.95. The fourth-order valence-electron chi connectivity index (χ4n) is 3.67. The highest BCUT2D eigenvalue weighted by Gasteiger charge is 2.13. The van der Waals surface area contributed by atoms with Gasteiger partial charge in [0.2, 0.25) is 0 Å². The van der Waals surface area contributed by atoms with Gasteiger partial charge in [-0.2, -0.15) is 0 Å². The van der Waals surface area contributed by atoms with Crippen molar-refractivity contribution in [1.82, 2.24) is 0 Å². The highest BCUT2D eigenvalue weighted by atomic mass is 14.6. The average molecular weight is 346 g/mol. The molecule has 0 spiro atoms. The maximum Gasteiger partial charge on any atom is 0.0320 e. The molecule has 1 rings (SSSR count). The number of rotatable bonds is 16. The van der Waals surface area contributed by atoms with Crippen molar-refractivity contribution in [3.05, 3.63) is 35.9 Å². The summed E-state index contributed by atoms with van der Waals surface area (Å²) in [7, 11) is 0. The number of unbranched alkanes of at least 4 members (excludes halogenated alkanes) is 12. The lowest BCUT2D eigenvalue weighted by atomic mass is 9.90. The molecule has 0 saturated heterocycles. The molecule has 0 aliphatic carbocycles. The molecule has 2 N–H and O–H groups in total. The van der Waals surface area contributed by atoms with E-state index in [1.165, 1.54) is 95.5 Å². The van der Waals surface area contributed by atoms with Crippen molar-refractivity contribution in [3.8, 4) is 0 Å². The third-order valence-electron chi connectivity index (χ3n) is 5.56. The minimum Gasteiger partial charge on any atom is -0.324 e. The van der Waals surface area contributed by atoms with Crippen molar-refractivity contribution >= 4 is 0 Å². The van der Waals surface area contributed by atoms with Crippen LogP contribution in [0.3, 0.4) is 0 Å². The Kier molecular flexibility index (Phi) is 13.7. The Labute approximate surface area is 157 Å². The normalized spacial score (nSPS) is 13.7. The fraction of sp³-hybridized carbons (Fsp3) is 0.750. The third kappa shape index (κ3) is 11.4. The Balaban J connectivity index is 1.88. The molecule has 25 heavy (non-hydrogen) atoms. The van der Waals surface area contributed by atoms with Gasteiger partial charge >= 0.3 is 0 Å².